The second-order valence-electron chi connectivity index (χ2n) is 4.28. The summed E-state index contributed by atoms with van der Waals surface area (Å²) < 4.78 is 1.24. The number of aromatic nitrogens is 3. The molecule has 0 N–H and O–H groups in total. The maximum absolute atomic E-state index is 5.79. The fraction of sp³-hybridized carbons (Fsp3) is 0.214. The van der Waals surface area contributed by atoms with E-state index in [1.807, 2.05) is 0 Å². The van der Waals surface area contributed by atoms with Crippen molar-refractivity contribution in [3.8, 4) is 17.6 Å². The molecule has 2 rings (SSSR count). The predicted octanol–water partition coefficient (Wildman–Crippen LogP) is 4.93. The van der Waals surface area contributed by atoms with Crippen molar-refractivity contribution in [1.82, 2.24) is 15.0 Å². The lowest BCUT2D eigenvalue weighted by atomic mass is 10.2. The highest BCUT2D eigenvalue weighted by molar-refractivity contribution is 6.67. The Kier molecular flexibility index (Phi) is 6.30. The normalized spacial score (nSPS) is 11.6. The van der Waals surface area contributed by atoms with Crippen LogP contribution in [0.5, 0.6) is 5.75 Å². The van der Waals surface area contributed by atoms with Crippen molar-refractivity contribution < 1.29 is 4.74 Å². The van der Waals surface area contributed by atoms with E-state index in [-0.39, 0.29) is 17.5 Å². The van der Waals surface area contributed by atoms with Crippen molar-refractivity contribution in [1.29, 1.82) is 0 Å². The van der Waals surface area contributed by atoms with Gasteiger partial charge in [-0.25, -0.2) is 15.0 Å². The van der Waals surface area contributed by atoms with Crippen LogP contribution in [0.4, 0.5) is 0 Å². The summed E-state index contributed by atoms with van der Waals surface area (Å²) in [6.45, 7) is 0. The van der Waals surface area contributed by atoms with Crippen molar-refractivity contribution >= 4 is 69.6 Å². The Balaban J connectivity index is 2.44. The standard InChI is InChI=1S/C14H7Cl6N3O/c1-24-9-5-2-8(3-6-9)4-7-10-21-11(13(15,16)17)23-12(22-10)14(18,19)20/h2-3,5-6H,1H3. The van der Waals surface area contributed by atoms with Gasteiger partial charge in [-0.1, -0.05) is 75.5 Å². The van der Waals surface area contributed by atoms with Gasteiger partial charge in [0, 0.05) is 5.56 Å². The first kappa shape index (κ1) is 19.7. The molecule has 0 aliphatic heterocycles. The van der Waals surface area contributed by atoms with Gasteiger partial charge in [0.1, 0.15) is 5.75 Å². The van der Waals surface area contributed by atoms with E-state index in [4.69, 9.17) is 74.3 Å². The van der Waals surface area contributed by atoms with Gasteiger partial charge in [-0.3, -0.25) is 0 Å². The minimum absolute atomic E-state index is 0.00321. The van der Waals surface area contributed by atoms with Crippen LogP contribution in [-0.2, 0) is 7.59 Å². The first-order valence-corrected chi connectivity index (χ1v) is 8.43. The summed E-state index contributed by atoms with van der Waals surface area (Å²) in [7, 11) is 1.57. The molecule has 10 heteroatoms. The van der Waals surface area contributed by atoms with Gasteiger partial charge < -0.3 is 4.74 Å². The number of rotatable bonds is 1. The maximum Gasteiger partial charge on any atom is 0.250 e. The van der Waals surface area contributed by atoms with Gasteiger partial charge in [0.15, 0.2) is 11.6 Å². The molecule has 0 spiro atoms. The molecule has 0 unspecified atom stereocenters. The fourth-order valence-corrected chi connectivity index (χ4v) is 1.99. The fourth-order valence-electron chi connectivity index (χ4n) is 1.49. The van der Waals surface area contributed by atoms with E-state index in [1.165, 1.54) is 0 Å². The minimum atomic E-state index is -1.91. The van der Waals surface area contributed by atoms with Crippen molar-refractivity contribution in [2.75, 3.05) is 7.11 Å². The van der Waals surface area contributed by atoms with Crippen molar-refractivity contribution in [2.24, 2.45) is 0 Å². The number of halogens is 6. The Morgan fingerprint density at radius 2 is 1.29 bits per heavy atom. The SMILES string of the molecule is COc1ccc(C#Cc2nc(C(Cl)(Cl)Cl)nc(C(Cl)(Cl)Cl)n2)cc1. The smallest absolute Gasteiger partial charge is 0.250 e. The van der Waals surface area contributed by atoms with Gasteiger partial charge in [0.25, 0.3) is 0 Å². The third-order valence-electron chi connectivity index (χ3n) is 2.55. The number of hydrogen-bond donors (Lipinski definition) is 0. The lowest BCUT2D eigenvalue weighted by Crippen LogP contribution is -2.17. The van der Waals surface area contributed by atoms with E-state index in [2.05, 4.69) is 26.8 Å². The summed E-state index contributed by atoms with van der Waals surface area (Å²) in [6.07, 6.45) is 0. The average molecular weight is 446 g/mol. The van der Waals surface area contributed by atoms with E-state index in [0.717, 1.165) is 0 Å². The zero-order valence-electron chi connectivity index (χ0n) is 11.8. The van der Waals surface area contributed by atoms with E-state index >= 15 is 0 Å². The van der Waals surface area contributed by atoms with Gasteiger partial charge in [0.2, 0.25) is 13.4 Å². The molecular formula is C14H7Cl6N3O. The monoisotopic (exact) mass is 443 g/mol. The Labute approximate surface area is 168 Å². The summed E-state index contributed by atoms with van der Waals surface area (Å²) in [5.74, 6) is 5.90. The molecule has 1 aromatic carbocycles. The van der Waals surface area contributed by atoms with Crippen LogP contribution in [0.15, 0.2) is 24.3 Å². The van der Waals surface area contributed by atoms with E-state index in [1.54, 1.807) is 31.4 Å². The lowest BCUT2D eigenvalue weighted by Gasteiger charge is -2.14. The topological polar surface area (TPSA) is 47.9 Å². The molecule has 24 heavy (non-hydrogen) atoms. The molecule has 0 radical (unpaired) electrons. The van der Waals surface area contributed by atoms with Gasteiger partial charge in [0.05, 0.1) is 7.11 Å². The molecule has 0 atom stereocenters. The molecule has 0 aliphatic carbocycles. The zero-order chi connectivity index (χ0) is 18.0. The van der Waals surface area contributed by atoms with Crippen LogP contribution in [0.2, 0.25) is 0 Å². The van der Waals surface area contributed by atoms with Crippen molar-refractivity contribution in [3.63, 3.8) is 0 Å². The number of nitrogens with zero attached hydrogens (tertiary/aromatic N) is 3. The minimum Gasteiger partial charge on any atom is -0.497 e. The molecule has 0 bridgehead atoms. The highest BCUT2D eigenvalue weighted by Crippen LogP contribution is 2.39. The molecular weight excluding hydrogens is 439 g/mol. The summed E-state index contributed by atoms with van der Waals surface area (Å²) in [5, 5.41) is 0. The van der Waals surface area contributed by atoms with Crippen LogP contribution in [0.3, 0.4) is 0 Å². The van der Waals surface area contributed by atoms with Crippen LogP contribution in [-0.4, -0.2) is 22.1 Å². The van der Waals surface area contributed by atoms with Crippen molar-refractivity contribution in [2.45, 2.75) is 7.59 Å². The number of hydrogen-bond acceptors (Lipinski definition) is 4. The molecule has 0 saturated heterocycles. The number of alkyl halides is 6. The zero-order valence-corrected chi connectivity index (χ0v) is 16.4. The third kappa shape index (κ3) is 5.42. The van der Waals surface area contributed by atoms with Gasteiger partial charge in [-0.15, -0.1) is 0 Å². The molecule has 0 amide bonds. The molecule has 126 valence electrons. The Bertz CT molecular complexity index is 755. The molecule has 0 saturated carbocycles. The summed E-state index contributed by atoms with van der Waals surface area (Å²) in [5.41, 5.74) is 0.696. The number of ether oxygens (including phenoxy) is 1. The molecule has 1 aromatic heterocycles. The van der Waals surface area contributed by atoms with Crippen LogP contribution in [0.25, 0.3) is 0 Å². The van der Waals surface area contributed by atoms with Gasteiger partial charge >= 0.3 is 0 Å². The molecule has 0 aliphatic rings. The van der Waals surface area contributed by atoms with E-state index in [0.29, 0.717) is 11.3 Å². The number of methoxy groups -OCH3 is 1. The first-order valence-electron chi connectivity index (χ1n) is 6.16. The molecule has 2 aromatic rings. The lowest BCUT2D eigenvalue weighted by molar-refractivity contribution is 0.415. The summed E-state index contributed by atoms with van der Waals surface area (Å²) >= 11 is 34.7. The Hall–Kier alpha value is -0.670. The van der Waals surface area contributed by atoms with E-state index < -0.39 is 7.59 Å². The highest BCUT2D eigenvalue weighted by Gasteiger charge is 2.33. The Morgan fingerprint density at radius 3 is 1.71 bits per heavy atom. The van der Waals surface area contributed by atoms with E-state index in [9.17, 15) is 0 Å². The van der Waals surface area contributed by atoms with Gasteiger partial charge in [-0.05, 0) is 30.2 Å². The highest BCUT2D eigenvalue weighted by atomic mass is 35.6. The van der Waals surface area contributed by atoms with Crippen LogP contribution in [0, 0.1) is 11.8 Å². The van der Waals surface area contributed by atoms with Crippen molar-refractivity contribution in [3.05, 3.63) is 47.3 Å². The maximum atomic E-state index is 5.79. The van der Waals surface area contributed by atoms with Crippen LogP contribution in [0.1, 0.15) is 23.0 Å². The third-order valence-corrected chi connectivity index (χ3v) is 3.57. The molecule has 0 fully saturated rings. The predicted molar refractivity (Wildman–Crippen MR) is 97.3 cm³/mol. The second kappa shape index (κ2) is 7.70. The largest absolute Gasteiger partial charge is 0.497 e. The Morgan fingerprint density at radius 1 is 0.792 bits per heavy atom. The summed E-state index contributed by atoms with van der Waals surface area (Å²) in [6, 6.07) is 7.05. The second-order valence-corrected chi connectivity index (χ2v) is 8.84. The number of benzene rings is 1. The quantitative estimate of drug-likeness (QED) is 0.461. The van der Waals surface area contributed by atoms with Crippen LogP contribution < -0.4 is 4.74 Å². The van der Waals surface area contributed by atoms with Gasteiger partial charge in [-0.2, -0.15) is 0 Å². The molecule has 4 nitrogen and oxygen atoms in total. The summed E-state index contributed by atoms with van der Waals surface area (Å²) in [4.78, 5) is 11.8. The first-order chi connectivity index (χ1) is 11.1. The van der Waals surface area contributed by atoms with Crippen LogP contribution >= 0.6 is 69.6 Å². The molecule has 1 heterocycles. The average Bonchev–Trinajstić information content (AvgIpc) is 2.51.